The lowest BCUT2D eigenvalue weighted by Gasteiger charge is -2.04. The lowest BCUT2D eigenvalue weighted by Crippen LogP contribution is -1.98. The minimum atomic E-state index is -0.0165. The number of carbonyl (C=O) groups excluding carboxylic acids is 1. The van der Waals surface area contributed by atoms with Crippen molar-refractivity contribution in [2.24, 2.45) is 0 Å². The number of rotatable bonds is 3. The molecule has 1 aromatic heterocycles. The Bertz CT molecular complexity index is 587. The van der Waals surface area contributed by atoms with Gasteiger partial charge in [-0.3, -0.25) is 4.79 Å². The average Bonchev–Trinajstić information content (AvgIpc) is 2.53. The van der Waals surface area contributed by atoms with Gasteiger partial charge < -0.3 is 4.57 Å². The fourth-order valence-electron chi connectivity index (χ4n) is 2.07. The summed E-state index contributed by atoms with van der Waals surface area (Å²) < 4.78 is 1.94. The van der Waals surface area contributed by atoms with Gasteiger partial charge in [0.25, 0.3) is 0 Å². The monoisotopic (exact) mass is 269 g/mol. The summed E-state index contributed by atoms with van der Waals surface area (Å²) in [6.07, 6.45) is 0.952. The molecule has 0 aliphatic heterocycles. The molecule has 0 fully saturated rings. The molecule has 2 aromatic rings. The number of nitrogens with zero attached hydrogens (tertiary/aromatic N) is 1. The van der Waals surface area contributed by atoms with Gasteiger partial charge in [-0.2, -0.15) is 0 Å². The maximum atomic E-state index is 11.7. The molecule has 0 saturated heterocycles. The van der Waals surface area contributed by atoms with Gasteiger partial charge in [0.2, 0.25) is 0 Å². The molecule has 0 saturated carbocycles. The summed E-state index contributed by atoms with van der Waals surface area (Å²) in [7, 11) is 0. The van der Waals surface area contributed by atoms with Crippen molar-refractivity contribution < 1.29 is 4.79 Å². The molecule has 0 unspecified atom stereocenters. The lowest BCUT2D eigenvalue weighted by molar-refractivity contribution is 0.101. The van der Waals surface area contributed by atoms with Crippen molar-refractivity contribution >= 4 is 39.9 Å². The Kier molecular flexibility index (Phi) is 3.45. The van der Waals surface area contributed by atoms with E-state index in [-0.39, 0.29) is 5.78 Å². The molecule has 1 heterocycles. The smallest absolute Gasteiger partial charge is 0.163 e. The Morgan fingerprint density at radius 2 is 2.06 bits per heavy atom. The highest BCUT2D eigenvalue weighted by atomic mass is 35.5. The van der Waals surface area contributed by atoms with Crippen molar-refractivity contribution in [3.63, 3.8) is 0 Å². The standard InChI is InChI=1S/C13H13Cl2NO/c1-3-6-16-11-7-9(14)4-5-10(11)12(8(2)17)13(16)15/h4-5,7H,3,6H2,1-2H3. The second-order valence-corrected chi connectivity index (χ2v) is 4.83. The van der Waals surface area contributed by atoms with Crippen LogP contribution in [0.15, 0.2) is 18.2 Å². The van der Waals surface area contributed by atoms with Crippen LogP contribution in [-0.2, 0) is 6.54 Å². The molecule has 2 rings (SSSR count). The molecule has 2 nitrogen and oxygen atoms in total. The number of hydrogen-bond donors (Lipinski definition) is 0. The first kappa shape index (κ1) is 12.5. The number of carbonyl (C=O) groups is 1. The third-order valence-electron chi connectivity index (χ3n) is 2.76. The molecule has 0 aliphatic carbocycles. The molecule has 90 valence electrons. The molecule has 0 bridgehead atoms. The number of aryl methyl sites for hydroxylation is 1. The van der Waals surface area contributed by atoms with Crippen LogP contribution >= 0.6 is 23.2 Å². The fourth-order valence-corrected chi connectivity index (χ4v) is 2.65. The second kappa shape index (κ2) is 4.71. The van der Waals surface area contributed by atoms with Crippen LogP contribution in [0, 0.1) is 0 Å². The van der Waals surface area contributed by atoms with E-state index < -0.39 is 0 Å². The zero-order valence-electron chi connectivity index (χ0n) is 9.76. The molecule has 17 heavy (non-hydrogen) atoms. The molecular formula is C13H13Cl2NO. The number of aromatic nitrogens is 1. The van der Waals surface area contributed by atoms with E-state index in [1.54, 1.807) is 6.07 Å². The normalized spacial score (nSPS) is 11.1. The highest BCUT2D eigenvalue weighted by Gasteiger charge is 2.18. The summed E-state index contributed by atoms with van der Waals surface area (Å²) in [6, 6.07) is 5.49. The van der Waals surface area contributed by atoms with E-state index >= 15 is 0 Å². The van der Waals surface area contributed by atoms with Gasteiger partial charge >= 0.3 is 0 Å². The summed E-state index contributed by atoms with van der Waals surface area (Å²) in [5.74, 6) is -0.0165. The minimum absolute atomic E-state index is 0.0165. The fraction of sp³-hybridized carbons (Fsp3) is 0.308. The Morgan fingerprint density at radius 3 is 2.65 bits per heavy atom. The number of ketones is 1. The van der Waals surface area contributed by atoms with Crippen LogP contribution in [0.5, 0.6) is 0 Å². The Morgan fingerprint density at radius 1 is 1.35 bits per heavy atom. The van der Waals surface area contributed by atoms with Crippen LogP contribution in [-0.4, -0.2) is 10.4 Å². The van der Waals surface area contributed by atoms with Crippen molar-refractivity contribution in [2.75, 3.05) is 0 Å². The quantitative estimate of drug-likeness (QED) is 0.749. The summed E-state index contributed by atoms with van der Waals surface area (Å²) in [5.41, 5.74) is 1.52. The average molecular weight is 270 g/mol. The third kappa shape index (κ3) is 2.07. The maximum absolute atomic E-state index is 11.7. The second-order valence-electron chi connectivity index (χ2n) is 4.04. The highest BCUT2D eigenvalue weighted by molar-refractivity contribution is 6.36. The van der Waals surface area contributed by atoms with Crippen molar-refractivity contribution in [3.8, 4) is 0 Å². The molecule has 1 aromatic carbocycles. The van der Waals surface area contributed by atoms with E-state index in [1.807, 2.05) is 16.7 Å². The SMILES string of the molecule is CCCn1c(Cl)c(C(C)=O)c2ccc(Cl)cc21. The molecule has 0 atom stereocenters. The molecule has 0 radical (unpaired) electrons. The molecular weight excluding hydrogens is 257 g/mol. The predicted octanol–water partition coefficient (Wildman–Crippen LogP) is 4.56. The first-order valence-electron chi connectivity index (χ1n) is 5.54. The van der Waals surface area contributed by atoms with Crippen molar-refractivity contribution in [3.05, 3.63) is 33.9 Å². The zero-order chi connectivity index (χ0) is 12.6. The Balaban J connectivity index is 2.83. The van der Waals surface area contributed by atoms with E-state index in [9.17, 15) is 4.79 Å². The van der Waals surface area contributed by atoms with Crippen LogP contribution in [0.25, 0.3) is 10.9 Å². The summed E-state index contributed by atoms with van der Waals surface area (Å²) >= 11 is 12.3. The van der Waals surface area contributed by atoms with Crippen molar-refractivity contribution in [1.29, 1.82) is 0 Å². The lowest BCUT2D eigenvalue weighted by atomic mass is 10.1. The van der Waals surface area contributed by atoms with Crippen LogP contribution in [0.4, 0.5) is 0 Å². The number of halogens is 2. The molecule has 0 aliphatic rings. The molecule has 0 spiro atoms. The number of benzene rings is 1. The number of hydrogen-bond acceptors (Lipinski definition) is 1. The van der Waals surface area contributed by atoms with Crippen LogP contribution in [0.1, 0.15) is 30.6 Å². The van der Waals surface area contributed by atoms with Crippen molar-refractivity contribution in [2.45, 2.75) is 26.8 Å². The molecule has 0 N–H and O–H groups in total. The Hall–Kier alpha value is -0.990. The predicted molar refractivity (Wildman–Crippen MR) is 72.3 cm³/mol. The zero-order valence-corrected chi connectivity index (χ0v) is 11.3. The Labute approximate surface area is 110 Å². The van der Waals surface area contributed by atoms with Gasteiger partial charge in [0.1, 0.15) is 5.15 Å². The van der Waals surface area contributed by atoms with Gasteiger partial charge in [0, 0.05) is 17.0 Å². The van der Waals surface area contributed by atoms with Gasteiger partial charge in [-0.05, 0) is 25.5 Å². The van der Waals surface area contributed by atoms with E-state index in [2.05, 4.69) is 6.92 Å². The number of fused-ring (bicyclic) bond motifs is 1. The first-order chi connectivity index (χ1) is 8.06. The first-order valence-corrected chi connectivity index (χ1v) is 6.30. The van der Waals surface area contributed by atoms with E-state index in [1.165, 1.54) is 6.92 Å². The van der Waals surface area contributed by atoms with Crippen molar-refractivity contribution in [1.82, 2.24) is 4.57 Å². The minimum Gasteiger partial charge on any atom is -0.331 e. The maximum Gasteiger partial charge on any atom is 0.163 e. The number of Topliss-reactive ketones (excluding diaryl/α,β-unsaturated/α-hetero) is 1. The topological polar surface area (TPSA) is 22.0 Å². The molecule has 4 heteroatoms. The highest BCUT2D eigenvalue weighted by Crippen LogP contribution is 2.32. The largest absolute Gasteiger partial charge is 0.331 e. The van der Waals surface area contributed by atoms with Gasteiger partial charge in [-0.15, -0.1) is 0 Å². The van der Waals surface area contributed by atoms with Crippen LogP contribution < -0.4 is 0 Å². The van der Waals surface area contributed by atoms with Crippen LogP contribution in [0.2, 0.25) is 10.2 Å². The van der Waals surface area contributed by atoms with Crippen LogP contribution in [0.3, 0.4) is 0 Å². The van der Waals surface area contributed by atoms with E-state index in [4.69, 9.17) is 23.2 Å². The van der Waals surface area contributed by atoms with E-state index in [0.29, 0.717) is 15.7 Å². The van der Waals surface area contributed by atoms with Gasteiger partial charge in [-0.1, -0.05) is 36.2 Å². The van der Waals surface area contributed by atoms with E-state index in [0.717, 1.165) is 23.9 Å². The summed E-state index contributed by atoms with van der Waals surface area (Å²) in [5, 5.41) is 2.04. The third-order valence-corrected chi connectivity index (χ3v) is 3.39. The van der Waals surface area contributed by atoms with Gasteiger partial charge in [0.05, 0.1) is 11.1 Å². The summed E-state index contributed by atoms with van der Waals surface area (Å²) in [6.45, 7) is 4.38. The molecule has 0 amide bonds. The van der Waals surface area contributed by atoms with Gasteiger partial charge in [-0.25, -0.2) is 0 Å². The van der Waals surface area contributed by atoms with Gasteiger partial charge in [0.15, 0.2) is 5.78 Å². The summed E-state index contributed by atoms with van der Waals surface area (Å²) in [4.78, 5) is 11.7.